The molecule has 1 aromatic heterocycles. The van der Waals surface area contributed by atoms with Gasteiger partial charge in [-0.05, 0) is 42.3 Å². The molecule has 2 heterocycles. The summed E-state index contributed by atoms with van der Waals surface area (Å²) in [6.07, 6.45) is 3.20. The van der Waals surface area contributed by atoms with Gasteiger partial charge in [0.1, 0.15) is 5.70 Å². The molecule has 1 saturated heterocycles. The molecule has 9 heteroatoms. The number of halogens is 2. The minimum absolute atomic E-state index is 0.0197. The van der Waals surface area contributed by atoms with E-state index in [-0.39, 0.29) is 11.3 Å². The van der Waals surface area contributed by atoms with Crippen molar-refractivity contribution in [2.24, 2.45) is 0 Å². The zero-order valence-corrected chi connectivity index (χ0v) is 17.1. The first-order chi connectivity index (χ1) is 14.3. The molecule has 7 nitrogen and oxygen atoms in total. The van der Waals surface area contributed by atoms with Gasteiger partial charge in [0.25, 0.3) is 5.91 Å². The minimum atomic E-state index is -1.48. The maximum atomic E-state index is 12.9. The number of aliphatic carboxylic acids is 1. The molecule has 0 saturated carbocycles. The maximum absolute atomic E-state index is 12.9. The highest BCUT2D eigenvalue weighted by molar-refractivity contribution is 6.32. The van der Waals surface area contributed by atoms with E-state index in [2.05, 4.69) is 10.3 Å². The number of H-pyrrole nitrogens is 1. The van der Waals surface area contributed by atoms with Crippen LogP contribution in [0, 0.1) is 6.92 Å². The first kappa shape index (κ1) is 20.0. The van der Waals surface area contributed by atoms with Crippen LogP contribution in [0.3, 0.4) is 0 Å². The monoisotopic (exact) mass is 443 g/mol. The summed E-state index contributed by atoms with van der Waals surface area (Å²) in [5.41, 5.74) is 2.57. The van der Waals surface area contributed by atoms with Crippen LogP contribution in [0.5, 0.6) is 0 Å². The number of aromatic nitrogens is 1. The number of aromatic amines is 1. The molecular formula is C21H15Cl2N3O4. The molecule has 3 aromatic rings. The molecule has 0 radical (unpaired) electrons. The molecule has 0 spiro atoms. The third-order valence-corrected chi connectivity index (χ3v) is 5.63. The lowest BCUT2D eigenvalue weighted by Crippen LogP contribution is -2.39. The van der Waals surface area contributed by atoms with Gasteiger partial charge < -0.3 is 15.4 Å². The number of benzene rings is 2. The van der Waals surface area contributed by atoms with E-state index in [1.54, 1.807) is 18.3 Å². The van der Waals surface area contributed by atoms with Crippen LogP contribution in [0.1, 0.15) is 22.7 Å². The smallest absolute Gasteiger partial charge is 0.331 e. The highest BCUT2D eigenvalue weighted by Gasteiger charge is 2.43. The van der Waals surface area contributed by atoms with Crippen molar-refractivity contribution in [3.05, 3.63) is 75.0 Å². The molecule has 1 atom stereocenters. The largest absolute Gasteiger partial charge is 0.479 e. The number of carboxylic acids is 1. The number of imide groups is 1. The Morgan fingerprint density at radius 1 is 1.13 bits per heavy atom. The van der Waals surface area contributed by atoms with Crippen molar-refractivity contribution < 1.29 is 19.5 Å². The number of nitrogens with one attached hydrogen (secondary N) is 2. The van der Waals surface area contributed by atoms with E-state index in [9.17, 15) is 19.5 Å². The molecule has 1 fully saturated rings. The Hall–Kier alpha value is -3.29. The SMILES string of the molecule is Cc1c(Cl)ccc2c(/C=C3\NC(=O)N(C(C(=O)O)c4ccc(Cl)cc4)C3=O)c[nH]c12. The van der Waals surface area contributed by atoms with E-state index in [0.29, 0.717) is 20.5 Å². The minimum Gasteiger partial charge on any atom is -0.479 e. The molecular weight excluding hydrogens is 429 g/mol. The van der Waals surface area contributed by atoms with Crippen LogP contribution in [0.15, 0.2) is 48.3 Å². The number of hydrogen-bond acceptors (Lipinski definition) is 3. The molecule has 3 N–H and O–H groups in total. The number of carbonyl (C=O) groups excluding carboxylic acids is 2. The van der Waals surface area contributed by atoms with Crippen LogP contribution in [0.4, 0.5) is 4.79 Å². The third-order valence-electron chi connectivity index (χ3n) is 4.97. The summed E-state index contributed by atoms with van der Waals surface area (Å²) in [5, 5.41) is 14.0. The number of nitrogens with zero attached hydrogens (tertiary/aromatic N) is 1. The second-order valence-corrected chi connectivity index (χ2v) is 7.64. The summed E-state index contributed by atoms with van der Waals surface area (Å²) in [6, 6.07) is 7.20. The van der Waals surface area contributed by atoms with Gasteiger partial charge in [-0.2, -0.15) is 0 Å². The highest BCUT2D eigenvalue weighted by Crippen LogP contribution is 2.31. The molecule has 4 rings (SSSR count). The predicted octanol–water partition coefficient (Wildman–Crippen LogP) is 4.50. The fourth-order valence-electron chi connectivity index (χ4n) is 3.45. The average molecular weight is 444 g/mol. The summed E-state index contributed by atoms with van der Waals surface area (Å²) >= 11 is 12.0. The predicted molar refractivity (Wildman–Crippen MR) is 113 cm³/mol. The van der Waals surface area contributed by atoms with Crippen LogP contribution in [0.2, 0.25) is 10.0 Å². The van der Waals surface area contributed by atoms with Crippen molar-refractivity contribution in [3.63, 3.8) is 0 Å². The lowest BCUT2D eigenvalue weighted by Gasteiger charge is -2.21. The summed E-state index contributed by atoms with van der Waals surface area (Å²) in [6.45, 7) is 1.87. The molecule has 2 aromatic carbocycles. The fourth-order valence-corrected chi connectivity index (χ4v) is 3.73. The van der Waals surface area contributed by atoms with Crippen molar-refractivity contribution in [2.45, 2.75) is 13.0 Å². The molecule has 1 aliphatic rings. The van der Waals surface area contributed by atoms with Gasteiger partial charge in [-0.15, -0.1) is 0 Å². The molecule has 30 heavy (non-hydrogen) atoms. The average Bonchev–Trinajstić information content (AvgIpc) is 3.23. The van der Waals surface area contributed by atoms with Crippen LogP contribution < -0.4 is 5.32 Å². The maximum Gasteiger partial charge on any atom is 0.331 e. The Bertz CT molecular complexity index is 1230. The van der Waals surface area contributed by atoms with E-state index in [0.717, 1.165) is 16.5 Å². The number of rotatable bonds is 4. The number of carboxylic acid groups (broad SMARTS) is 1. The van der Waals surface area contributed by atoms with Crippen LogP contribution >= 0.6 is 23.2 Å². The van der Waals surface area contributed by atoms with E-state index in [1.807, 2.05) is 6.92 Å². The van der Waals surface area contributed by atoms with Gasteiger partial charge in [0.2, 0.25) is 0 Å². The van der Waals surface area contributed by atoms with Crippen LogP contribution in [0.25, 0.3) is 17.0 Å². The van der Waals surface area contributed by atoms with Crippen LogP contribution in [-0.2, 0) is 9.59 Å². The summed E-state index contributed by atoms with van der Waals surface area (Å²) in [5.74, 6) is -2.07. The molecule has 0 bridgehead atoms. The van der Waals surface area contributed by atoms with E-state index < -0.39 is 23.9 Å². The zero-order valence-electron chi connectivity index (χ0n) is 15.6. The summed E-state index contributed by atoms with van der Waals surface area (Å²) in [7, 11) is 0. The van der Waals surface area contributed by atoms with Crippen molar-refractivity contribution in [1.82, 2.24) is 15.2 Å². The Morgan fingerprint density at radius 3 is 2.50 bits per heavy atom. The number of urea groups is 1. The van der Waals surface area contributed by atoms with Crippen molar-refractivity contribution in [1.29, 1.82) is 0 Å². The lowest BCUT2D eigenvalue weighted by atomic mass is 10.1. The number of fused-ring (bicyclic) bond motifs is 1. The lowest BCUT2D eigenvalue weighted by molar-refractivity contribution is -0.146. The quantitative estimate of drug-likeness (QED) is 0.407. The molecule has 152 valence electrons. The first-order valence-corrected chi connectivity index (χ1v) is 9.64. The number of amides is 3. The third kappa shape index (κ3) is 3.32. The van der Waals surface area contributed by atoms with Gasteiger partial charge in [0.15, 0.2) is 6.04 Å². The molecule has 1 aliphatic heterocycles. The van der Waals surface area contributed by atoms with Gasteiger partial charge in [-0.3, -0.25) is 4.79 Å². The number of hydrogen-bond donors (Lipinski definition) is 3. The second-order valence-electron chi connectivity index (χ2n) is 6.79. The summed E-state index contributed by atoms with van der Waals surface area (Å²) in [4.78, 5) is 41.1. The highest BCUT2D eigenvalue weighted by atomic mass is 35.5. The van der Waals surface area contributed by atoms with Gasteiger partial charge in [-0.1, -0.05) is 41.4 Å². The van der Waals surface area contributed by atoms with Crippen LogP contribution in [-0.4, -0.2) is 32.9 Å². The Kier molecular flexibility index (Phi) is 5.01. The zero-order chi connectivity index (χ0) is 21.6. The van der Waals surface area contributed by atoms with E-state index in [1.165, 1.54) is 30.3 Å². The molecule has 1 unspecified atom stereocenters. The van der Waals surface area contributed by atoms with Crippen molar-refractivity contribution in [2.75, 3.05) is 0 Å². The Labute approximate surface area is 180 Å². The van der Waals surface area contributed by atoms with Crippen molar-refractivity contribution >= 4 is 58.1 Å². The number of aryl methyl sites for hydroxylation is 1. The second kappa shape index (κ2) is 7.51. The standard InChI is InChI=1S/C21H15Cl2N3O4/c1-10-15(23)7-6-14-12(9-24-17(10)14)8-16-19(27)26(21(30)25-16)18(20(28)29)11-2-4-13(22)5-3-11/h2-9,18,24H,1H3,(H,25,30)(H,28,29)/b16-8-. The fraction of sp³-hybridized carbons (Fsp3) is 0.0952. The molecule has 0 aliphatic carbocycles. The molecule has 3 amide bonds. The van der Waals surface area contributed by atoms with Gasteiger partial charge in [0.05, 0.1) is 5.52 Å². The normalized spacial score (nSPS) is 16.4. The summed E-state index contributed by atoms with van der Waals surface area (Å²) < 4.78 is 0. The van der Waals surface area contributed by atoms with E-state index in [4.69, 9.17) is 23.2 Å². The Balaban J connectivity index is 1.73. The van der Waals surface area contributed by atoms with E-state index >= 15 is 0 Å². The topological polar surface area (TPSA) is 102 Å². The number of carbonyl (C=O) groups is 3. The Morgan fingerprint density at radius 2 is 1.83 bits per heavy atom. The first-order valence-electron chi connectivity index (χ1n) is 8.88. The van der Waals surface area contributed by atoms with Gasteiger partial charge >= 0.3 is 12.0 Å². The van der Waals surface area contributed by atoms with Gasteiger partial charge in [0, 0.05) is 27.2 Å². The van der Waals surface area contributed by atoms with Gasteiger partial charge in [-0.25, -0.2) is 14.5 Å². The van der Waals surface area contributed by atoms with Crippen molar-refractivity contribution in [3.8, 4) is 0 Å².